The number of benzene rings is 2. The van der Waals surface area contributed by atoms with Crippen LogP contribution in [0, 0.1) is 9.39 Å². The molecule has 0 amide bonds. The molecule has 0 aliphatic rings. The highest BCUT2D eigenvalue weighted by Gasteiger charge is 2.08. The van der Waals surface area contributed by atoms with Gasteiger partial charge in [0.1, 0.15) is 18.2 Å². The van der Waals surface area contributed by atoms with Crippen LogP contribution in [0.3, 0.4) is 0 Å². The zero-order valence-electron chi connectivity index (χ0n) is 10.1. The number of halogens is 2. The molecule has 0 N–H and O–H groups in total. The van der Waals surface area contributed by atoms with E-state index in [1.165, 1.54) is 6.07 Å². The van der Waals surface area contributed by atoms with Gasteiger partial charge in [-0.25, -0.2) is 4.39 Å². The lowest BCUT2D eigenvalue weighted by atomic mass is 10.1. The third-order valence-corrected chi connectivity index (χ3v) is 3.21. The highest BCUT2D eigenvalue weighted by molar-refractivity contribution is 14.1. The van der Waals surface area contributed by atoms with E-state index >= 15 is 0 Å². The quantitative estimate of drug-likeness (QED) is 0.752. The molecule has 4 heteroatoms. The van der Waals surface area contributed by atoms with Gasteiger partial charge >= 0.3 is 0 Å². The first-order chi connectivity index (χ1) is 9.15. The van der Waals surface area contributed by atoms with Crippen molar-refractivity contribution in [2.75, 3.05) is 6.61 Å². The van der Waals surface area contributed by atoms with Crippen LogP contribution in [0.25, 0.3) is 0 Å². The van der Waals surface area contributed by atoms with E-state index < -0.39 is 0 Å². The largest absolute Gasteiger partial charge is 0.486 e. The topological polar surface area (TPSA) is 26.3 Å². The summed E-state index contributed by atoms with van der Waals surface area (Å²) in [5, 5.41) is 0. The molecule has 19 heavy (non-hydrogen) atoms. The van der Waals surface area contributed by atoms with E-state index in [9.17, 15) is 9.18 Å². The Hall–Kier alpha value is -1.43. The molecule has 0 spiro atoms. The molecule has 2 aromatic carbocycles. The summed E-state index contributed by atoms with van der Waals surface area (Å²) in [5.74, 6) is 0.142. The molecule has 2 rings (SSSR count). The smallest absolute Gasteiger partial charge is 0.174 e. The maximum Gasteiger partial charge on any atom is 0.174 e. The Kier molecular flexibility index (Phi) is 4.90. The number of ketones is 1. The summed E-state index contributed by atoms with van der Waals surface area (Å²) in [4.78, 5) is 11.7. The van der Waals surface area contributed by atoms with Crippen molar-refractivity contribution in [2.45, 2.75) is 6.42 Å². The summed E-state index contributed by atoms with van der Waals surface area (Å²) in [5.41, 5.74) is 0.402. The molecule has 0 aliphatic heterocycles. The van der Waals surface area contributed by atoms with E-state index in [4.69, 9.17) is 4.74 Å². The minimum atomic E-state index is -0.356. The van der Waals surface area contributed by atoms with Crippen molar-refractivity contribution in [3.05, 3.63) is 63.5 Å². The van der Waals surface area contributed by atoms with Gasteiger partial charge in [0.25, 0.3) is 0 Å². The summed E-state index contributed by atoms with van der Waals surface area (Å²) in [6.07, 6.45) is 0.0522. The molecule has 0 radical (unpaired) electrons. The van der Waals surface area contributed by atoms with E-state index in [1.807, 2.05) is 18.2 Å². The third kappa shape index (κ3) is 4.31. The monoisotopic (exact) mass is 370 g/mol. The molecular formula is C15H12FIO2. The highest BCUT2D eigenvalue weighted by Crippen LogP contribution is 2.15. The van der Waals surface area contributed by atoms with Crippen molar-refractivity contribution < 1.29 is 13.9 Å². The van der Waals surface area contributed by atoms with Crippen LogP contribution in [0.15, 0.2) is 48.5 Å². The minimum absolute atomic E-state index is 0.0472. The fourth-order valence-corrected chi connectivity index (χ4v) is 2.14. The van der Waals surface area contributed by atoms with Crippen LogP contribution in [-0.4, -0.2) is 12.4 Å². The number of ether oxygens (including phenoxy) is 1. The van der Waals surface area contributed by atoms with Gasteiger partial charge in [0.15, 0.2) is 5.78 Å². The van der Waals surface area contributed by atoms with Gasteiger partial charge in [-0.3, -0.25) is 4.79 Å². The molecule has 0 bridgehead atoms. The van der Waals surface area contributed by atoms with Crippen LogP contribution in [0.4, 0.5) is 4.39 Å². The average molecular weight is 370 g/mol. The van der Waals surface area contributed by atoms with E-state index in [0.717, 1.165) is 3.57 Å². The number of hydrogen-bond donors (Lipinski definition) is 0. The van der Waals surface area contributed by atoms with Crippen LogP contribution in [0.1, 0.15) is 5.56 Å². The lowest BCUT2D eigenvalue weighted by molar-refractivity contribution is -0.120. The molecule has 2 aromatic rings. The first-order valence-corrected chi connectivity index (χ1v) is 6.86. The van der Waals surface area contributed by atoms with Gasteiger partial charge in [-0.15, -0.1) is 0 Å². The molecule has 2 nitrogen and oxygen atoms in total. The Morgan fingerprint density at radius 3 is 2.68 bits per heavy atom. The number of Topliss-reactive ketones (excluding diaryl/α,β-unsaturated/α-hetero) is 1. The Labute approximate surface area is 124 Å². The zero-order chi connectivity index (χ0) is 13.7. The van der Waals surface area contributed by atoms with Crippen LogP contribution in [0.5, 0.6) is 5.75 Å². The number of carbonyl (C=O) groups is 1. The van der Waals surface area contributed by atoms with Crippen molar-refractivity contribution in [3.8, 4) is 5.75 Å². The summed E-state index contributed by atoms with van der Waals surface area (Å²) < 4.78 is 19.8. The van der Waals surface area contributed by atoms with E-state index in [0.29, 0.717) is 11.3 Å². The van der Waals surface area contributed by atoms with Gasteiger partial charge in [0.2, 0.25) is 0 Å². The number of hydrogen-bond acceptors (Lipinski definition) is 2. The van der Waals surface area contributed by atoms with Crippen molar-refractivity contribution in [2.24, 2.45) is 0 Å². The summed E-state index contributed by atoms with van der Waals surface area (Å²) in [7, 11) is 0. The molecule has 0 atom stereocenters. The van der Waals surface area contributed by atoms with Gasteiger partial charge in [-0.1, -0.05) is 24.3 Å². The lowest BCUT2D eigenvalue weighted by Crippen LogP contribution is -2.14. The van der Waals surface area contributed by atoms with Gasteiger partial charge < -0.3 is 4.74 Å². The molecule has 0 aromatic heterocycles. The first kappa shape index (κ1) is 14.0. The SMILES string of the molecule is O=C(COc1cccc(I)c1)Cc1ccccc1F. The van der Waals surface area contributed by atoms with Crippen molar-refractivity contribution in [1.29, 1.82) is 0 Å². The Morgan fingerprint density at radius 2 is 1.95 bits per heavy atom. The Bertz CT molecular complexity index is 584. The first-order valence-electron chi connectivity index (χ1n) is 5.78. The number of carbonyl (C=O) groups excluding carboxylic acids is 1. The van der Waals surface area contributed by atoms with Gasteiger partial charge in [-0.05, 0) is 52.4 Å². The van der Waals surface area contributed by atoms with Crippen molar-refractivity contribution in [3.63, 3.8) is 0 Å². The zero-order valence-corrected chi connectivity index (χ0v) is 12.3. The second kappa shape index (κ2) is 6.65. The molecule has 98 valence electrons. The Balaban J connectivity index is 1.90. The second-order valence-corrected chi connectivity index (χ2v) is 5.30. The molecule has 0 fully saturated rings. The molecular weight excluding hydrogens is 358 g/mol. The van der Waals surface area contributed by atoms with Crippen LogP contribution in [0.2, 0.25) is 0 Å². The third-order valence-electron chi connectivity index (χ3n) is 2.54. The van der Waals surface area contributed by atoms with Crippen molar-refractivity contribution >= 4 is 28.4 Å². The van der Waals surface area contributed by atoms with Gasteiger partial charge in [0, 0.05) is 9.99 Å². The summed E-state index contributed by atoms with van der Waals surface area (Å²) in [6, 6.07) is 13.7. The summed E-state index contributed by atoms with van der Waals surface area (Å²) in [6.45, 7) is -0.0472. The predicted octanol–water partition coefficient (Wildman–Crippen LogP) is 3.62. The van der Waals surface area contributed by atoms with Gasteiger partial charge in [-0.2, -0.15) is 0 Å². The maximum absolute atomic E-state index is 13.4. The maximum atomic E-state index is 13.4. The molecule has 0 aliphatic carbocycles. The molecule has 0 unspecified atom stereocenters. The standard InChI is InChI=1S/C15H12FIO2/c16-15-7-2-1-4-11(15)8-13(18)10-19-14-6-3-5-12(17)9-14/h1-7,9H,8,10H2. The number of rotatable bonds is 5. The van der Waals surface area contributed by atoms with Crippen molar-refractivity contribution in [1.82, 2.24) is 0 Å². The van der Waals surface area contributed by atoms with E-state index in [2.05, 4.69) is 22.6 Å². The average Bonchev–Trinajstić information content (AvgIpc) is 2.39. The second-order valence-electron chi connectivity index (χ2n) is 4.05. The molecule has 0 saturated carbocycles. The van der Waals surface area contributed by atoms with E-state index in [-0.39, 0.29) is 24.6 Å². The lowest BCUT2D eigenvalue weighted by Gasteiger charge is -2.06. The van der Waals surface area contributed by atoms with Gasteiger partial charge in [0.05, 0.1) is 0 Å². The fraction of sp³-hybridized carbons (Fsp3) is 0.133. The van der Waals surface area contributed by atoms with Crippen LogP contribution in [-0.2, 0) is 11.2 Å². The van der Waals surface area contributed by atoms with Crippen LogP contribution < -0.4 is 4.74 Å². The minimum Gasteiger partial charge on any atom is -0.486 e. The summed E-state index contributed by atoms with van der Waals surface area (Å²) >= 11 is 2.17. The van der Waals surface area contributed by atoms with E-state index in [1.54, 1.807) is 24.3 Å². The molecule has 0 saturated heterocycles. The normalized spacial score (nSPS) is 10.2. The van der Waals surface area contributed by atoms with Crippen LogP contribution >= 0.6 is 22.6 Å². The fourth-order valence-electron chi connectivity index (χ4n) is 1.63. The molecule has 0 heterocycles. The highest BCUT2D eigenvalue weighted by atomic mass is 127. The Morgan fingerprint density at radius 1 is 1.16 bits per heavy atom. The predicted molar refractivity (Wildman–Crippen MR) is 79.8 cm³/mol.